The molecule has 0 amide bonds. The molecule has 0 heterocycles. The topological polar surface area (TPSA) is 114 Å². The minimum absolute atomic E-state index is 0.149. The van der Waals surface area contributed by atoms with Gasteiger partial charge in [-0.25, -0.2) is 0 Å². The van der Waals surface area contributed by atoms with E-state index < -0.39 is 16.6 Å². The summed E-state index contributed by atoms with van der Waals surface area (Å²) in [6, 6.07) is 21.4. The lowest BCUT2D eigenvalue weighted by atomic mass is 9.70. The zero-order valence-electron chi connectivity index (χ0n) is 39.0. The van der Waals surface area contributed by atoms with Crippen molar-refractivity contribution in [2.45, 2.75) is 162 Å². The molecule has 0 spiro atoms. The molecule has 0 radical (unpaired) electrons. The van der Waals surface area contributed by atoms with Gasteiger partial charge in [-0.05, 0) is 87.9 Å². The number of hydrogen-bond donors (Lipinski definition) is 2. The smallest absolute Gasteiger partial charge is 0.270 e. The van der Waals surface area contributed by atoms with E-state index >= 15 is 0 Å². The van der Waals surface area contributed by atoms with E-state index in [9.17, 15) is 20.3 Å². The van der Waals surface area contributed by atoms with Crippen molar-refractivity contribution in [2.24, 2.45) is 4.99 Å². The van der Waals surface area contributed by atoms with Gasteiger partial charge in [0.05, 0.1) is 24.2 Å². The first-order valence-corrected chi connectivity index (χ1v) is 21.7. The van der Waals surface area contributed by atoms with Crippen molar-refractivity contribution in [3.63, 3.8) is 0 Å². The van der Waals surface area contributed by atoms with Crippen molar-refractivity contribution in [2.75, 3.05) is 13.2 Å². The maximum absolute atomic E-state index is 14.4. The van der Waals surface area contributed by atoms with Gasteiger partial charge >= 0.3 is 0 Å². The molecule has 8 heteroatoms. The highest BCUT2D eigenvalue weighted by Crippen LogP contribution is 2.49. The Labute approximate surface area is 360 Å². The highest BCUT2D eigenvalue weighted by atomic mass is 16.6. The largest absolute Gasteiger partial charge is 0.507 e. The fourth-order valence-electron chi connectivity index (χ4n) is 7.50. The molecule has 8 nitrogen and oxygen atoms in total. The lowest BCUT2D eigenvalue weighted by Gasteiger charge is -2.40. The van der Waals surface area contributed by atoms with Crippen molar-refractivity contribution >= 4 is 11.9 Å². The summed E-state index contributed by atoms with van der Waals surface area (Å²) in [7, 11) is 0. The molecule has 0 aliphatic carbocycles. The normalized spacial score (nSPS) is 13.4. The van der Waals surface area contributed by atoms with Crippen molar-refractivity contribution in [3.8, 4) is 17.2 Å². The molecule has 1 unspecified atom stereocenters. The molecule has 4 aromatic carbocycles. The van der Waals surface area contributed by atoms with E-state index in [1.165, 1.54) is 24.4 Å². The van der Waals surface area contributed by atoms with Crippen molar-refractivity contribution in [1.82, 2.24) is 0 Å². The predicted octanol–water partition coefficient (Wildman–Crippen LogP) is 12.8. The number of phenolic OH excluding ortho intramolecular Hbond substituents is 1. The van der Waals surface area contributed by atoms with Crippen LogP contribution in [0.4, 0.5) is 5.69 Å². The molecular formula is C52H72N2O6. The van der Waals surface area contributed by atoms with Crippen LogP contribution in [0.25, 0.3) is 0 Å². The summed E-state index contributed by atoms with van der Waals surface area (Å²) in [6.07, 6.45) is 5.59. The number of ether oxygens (including phenoxy) is 2. The average Bonchev–Trinajstić information content (AvgIpc) is 3.15. The van der Waals surface area contributed by atoms with Crippen LogP contribution in [0.1, 0.15) is 167 Å². The second kappa shape index (κ2) is 18.9. The van der Waals surface area contributed by atoms with E-state index in [0.717, 1.165) is 65.0 Å². The van der Waals surface area contributed by atoms with Gasteiger partial charge in [-0.15, -0.1) is 0 Å². The number of hydrogen-bond acceptors (Lipinski definition) is 7. The Morgan fingerprint density at radius 1 is 0.667 bits per heavy atom. The number of phenols is 1. The highest BCUT2D eigenvalue weighted by molar-refractivity contribution is 5.84. The van der Waals surface area contributed by atoms with E-state index in [2.05, 4.69) is 121 Å². The third-order valence-corrected chi connectivity index (χ3v) is 11.1. The van der Waals surface area contributed by atoms with E-state index in [4.69, 9.17) is 14.5 Å². The third-order valence-electron chi connectivity index (χ3n) is 11.1. The first-order chi connectivity index (χ1) is 27.8. The molecule has 60 heavy (non-hydrogen) atoms. The SMILES string of the molecule is CCCCOc1c(C(C)(C)C)cc(C(O)(c2cc(C(C)(C)C)c(OCCCC)c(C(C)(C)C)c2)C(Cc2ccccc2)N=Cc2cc([N+](=O)[O-])ccc2O)cc1C(C)(C)C. The quantitative estimate of drug-likeness (QED) is 0.0503. The van der Waals surface area contributed by atoms with Crippen LogP contribution in [0.15, 0.2) is 77.8 Å². The molecule has 326 valence electrons. The molecule has 4 rings (SSSR count). The van der Waals surface area contributed by atoms with Crippen LogP contribution in [0.2, 0.25) is 0 Å². The number of aliphatic hydroxyl groups is 1. The highest BCUT2D eigenvalue weighted by Gasteiger charge is 2.45. The fraction of sp³-hybridized carbons (Fsp3) is 0.519. The third kappa shape index (κ3) is 11.4. The van der Waals surface area contributed by atoms with Gasteiger partial charge in [-0.1, -0.05) is 140 Å². The number of nitro groups is 1. The fourth-order valence-corrected chi connectivity index (χ4v) is 7.50. The van der Waals surface area contributed by atoms with Gasteiger partial charge in [0.15, 0.2) is 0 Å². The number of aromatic hydroxyl groups is 1. The summed E-state index contributed by atoms with van der Waals surface area (Å²) in [5.41, 5.74) is 2.85. The molecule has 2 N–H and O–H groups in total. The maximum Gasteiger partial charge on any atom is 0.270 e. The summed E-state index contributed by atoms with van der Waals surface area (Å²) in [6.45, 7) is 31.5. The predicted molar refractivity (Wildman–Crippen MR) is 248 cm³/mol. The average molecular weight is 821 g/mol. The van der Waals surface area contributed by atoms with Gasteiger partial charge < -0.3 is 19.7 Å². The van der Waals surface area contributed by atoms with Gasteiger partial charge in [0, 0.05) is 46.2 Å². The second-order valence-corrected chi connectivity index (χ2v) is 20.5. The van der Waals surface area contributed by atoms with Gasteiger partial charge in [0.2, 0.25) is 0 Å². The van der Waals surface area contributed by atoms with E-state index in [0.29, 0.717) is 30.8 Å². The number of nitro benzene ring substituents is 1. The first-order valence-electron chi connectivity index (χ1n) is 21.7. The number of non-ortho nitro benzene ring substituents is 1. The van der Waals surface area contributed by atoms with E-state index in [1.807, 2.05) is 30.3 Å². The number of rotatable bonds is 16. The van der Waals surface area contributed by atoms with Crippen LogP contribution in [0, 0.1) is 10.1 Å². The van der Waals surface area contributed by atoms with E-state index in [-0.39, 0.29) is 38.7 Å². The van der Waals surface area contributed by atoms with Crippen molar-refractivity contribution in [3.05, 3.63) is 127 Å². The van der Waals surface area contributed by atoms with Gasteiger partial charge in [-0.3, -0.25) is 15.1 Å². The Balaban J connectivity index is 2.28. The summed E-state index contributed by atoms with van der Waals surface area (Å²) in [4.78, 5) is 16.6. The van der Waals surface area contributed by atoms with Crippen LogP contribution in [-0.4, -0.2) is 40.6 Å². The van der Waals surface area contributed by atoms with Gasteiger partial charge in [-0.2, -0.15) is 0 Å². The Hall–Kier alpha value is -4.69. The molecule has 1 atom stereocenters. The number of nitrogens with zero attached hydrogens (tertiary/aromatic N) is 2. The zero-order chi connectivity index (χ0) is 44.8. The molecule has 0 aliphatic rings. The van der Waals surface area contributed by atoms with Gasteiger partial charge in [0.1, 0.15) is 22.8 Å². The van der Waals surface area contributed by atoms with Crippen LogP contribution in [0.3, 0.4) is 0 Å². The molecule has 0 saturated heterocycles. The van der Waals surface area contributed by atoms with Crippen LogP contribution in [-0.2, 0) is 33.7 Å². The Bertz CT molecular complexity index is 1950. The minimum atomic E-state index is -1.80. The summed E-state index contributed by atoms with van der Waals surface area (Å²) < 4.78 is 13.4. The molecule has 0 aromatic heterocycles. The number of unbranched alkanes of at least 4 members (excludes halogenated alkanes) is 2. The molecule has 0 fully saturated rings. The lowest BCUT2D eigenvalue weighted by Crippen LogP contribution is -2.42. The van der Waals surface area contributed by atoms with Crippen LogP contribution < -0.4 is 9.47 Å². The number of aliphatic imine (C=N–C) groups is 1. The Morgan fingerprint density at radius 2 is 1.08 bits per heavy atom. The Kier molecular flexibility index (Phi) is 15.1. The maximum atomic E-state index is 14.4. The second-order valence-electron chi connectivity index (χ2n) is 20.5. The zero-order valence-corrected chi connectivity index (χ0v) is 39.0. The van der Waals surface area contributed by atoms with Crippen molar-refractivity contribution < 1.29 is 24.6 Å². The molecule has 4 aromatic rings. The van der Waals surface area contributed by atoms with Crippen molar-refractivity contribution in [1.29, 1.82) is 0 Å². The van der Waals surface area contributed by atoms with Gasteiger partial charge in [0.25, 0.3) is 5.69 Å². The van der Waals surface area contributed by atoms with Crippen LogP contribution >= 0.6 is 0 Å². The molecule has 0 aliphatic heterocycles. The minimum Gasteiger partial charge on any atom is -0.507 e. The van der Waals surface area contributed by atoms with E-state index in [1.54, 1.807) is 0 Å². The summed E-state index contributed by atoms with van der Waals surface area (Å²) in [5, 5.41) is 37.2. The molecule has 0 bridgehead atoms. The molecule has 0 saturated carbocycles. The summed E-state index contributed by atoms with van der Waals surface area (Å²) >= 11 is 0. The lowest BCUT2D eigenvalue weighted by molar-refractivity contribution is -0.384. The number of benzene rings is 4. The standard InChI is InChI=1S/C52H72N2O6/c1-15-17-26-59-46-40(48(3,4)5)30-37(31-41(46)49(6,7)8)52(56,38-32-42(50(9,10)11)47(60-27-18-16-2)43(33-38)51(12,13)14)45(28-35-22-20-19-21-23-35)53-34-36-29-39(54(57)58)24-25-44(36)55/h19-25,29-34,45,55-56H,15-18,26-28H2,1-14H3. The summed E-state index contributed by atoms with van der Waals surface area (Å²) in [5.74, 6) is 1.53. The monoisotopic (exact) mass is 821 g/mol. The molecular weight excluding hydrogens is 749 g/mol. The van der Waals surface area contributed by atoms with Crippen LogP contribution in [0.5, 0.6) is 17.2 Å². The first kappa shape index (κ1) is 48.0. The Morgan fingerprint density at radius 3 is 1.45 bits per heavy atom.